The van der Waals surface area contributed by atoms with Crippen LogP contribution in [-0.2, 0) is 13.1 Å². The lowest BCUT2D eigenvalue weighted by Gasteiger charge is -2.41. The number of hydrogen-bond acceptors (Lipinski definition) is 4. The van der Waals surface area contributed by atoms with Crippen LogP contribution in [0.1, 0.15) is 24.1 Å². The van der Waals surface area contributed by atoms with Gasteiger partial charge in [-0.25, -0.2) is 13.8 Å². The summed E-state index contributed by atoms with van der Waals surface area (Å²) >= 11 is 6.11. The van der Waals surface area contributed by atoms with E-state index in [1.165, 1.54) is 0 Å². The van der Waals surface area contributed by atoms with E-state index in [0.717, 1.165) is 22.7 Å². The Morgan fingerprint density at radius 2 is 2.00 bits per heavy atom. The summed E-state index contributed by atoms with van der Waals surface area (Å²) in [7, 11) is 1.63. The average molecular weight is 394 g/mol. The molecule has 3 heterocycles. The lowest BCUT2D eigenvalue weighted by molar-refractivity contribution is -0.0367. The van der Waals surface area contributed by atoms with E-state index in [0.29, 0.717) is 31.3 Å². The number of anilines is 1. The number of aromatic nitrogens is 1. The van der Waals surface area contributed by atoms with Crippen molar-refractivity contribution >= 4 is 17.3 Å². The molecule has 4 nitrogen and oxygen atoms in total. The van der Waals surface area contributed by atoms with Crippen LogP contribution in [0.2, 0.25) is 5.15 Å². The normalized spacial score (nSPS) is 21.9. The quantitative estimate of drug-likeness (QED) is 0.724. The Hall–Kier alpha value is -1.92. The molecular weight excluding hydrogens is 372 g/mol. The predicted molar refractivity (Wildman–Crippen MR) is 102 cm³/mol. The van der Waals surface area contributed by atoms with Crippen LogP contribution in [0.25, 0.3) is 0 Å². The van der Waals surface area contributed by atoms with Crippen molar-refractivity contribution in [3.63, 3.8) is 0 Å². The summed E-state index contributed by atoms with van der Waals surface area (Å²) in [4.78, 5) is 8.76. The number of pyridine rings is 1. The molecule has 0 spiro atoms. The van der Waals surface area contributed by atoms with E-state index in [1.54, 1.807) is 13.2 Å². The number of alkyl halides is 2. The van der Waals surface area contributed by atoms with Gasteiger partial charge in [-0.15, -0.1) is 0 Å². The Morgan fingerprint density at radius 3 is 2.74 bits per heavy atom. The van der Waals surface area contributed by atoms with Crippen molar-refractivity contribution in [2.75, 3.05) is 25.1 Å². The molecule has 0 radical (unpaired) electrons. The minimum absolute atomic E-state index is 0.121. The molecule has 27 heavy (non-hydrogen) atoms. The molecule has 1 atom stereocenters. The summed E-state index contributed by atoms with van der Waals surface area (Å²) in [5.74, 6) is -1.82. The summed E-state index contributed by atoms with van der Waals surface area (Å²) in [6.07, 6.45) is -0.252. The molecule has 1 aromatic heterocycles. The summed E-state index contributed by atoms with van der Waals surface area (Å²) in [6.45, 7) is 2.15. The second kappa shape index (κ2) is 7.24. The van der Waals surface area contributed by atoms with Crippen LogP contribution in [0.4, 0.5) is 14.5 Å². The van der Waals surface area contributed by atoms with Crippen LogP contribution in [0.5, 0.6) is 5.75 Å². The number of hydrogen-bond donors (Lipinski definition) is 0. The first kappa shape index (κ1) is 18.4. The second-order valence-electron chi connectivity index (χ2n) is 7.27. The summed E-state index contributed by atoms with van der Waals surface area (Å²) < 4.78 is 33.4. The van der Waals surface area contributed by atoms with Crippen molar-refractivity contribution in [1.82, 2.24) is 9.88 Å². The van der Waals surface area contributed by atoms with Crippen LogP contribution >= 0.6 is 11.6 Å². The number of benzene rings is 1. The van der Waals surface area contributed by atoms with Gasteiger partial charge in [0.15, 0.2) is 0 Å². The topological polar surface area (TPSA) is 28.6 Å². The van der Waals surface area contributed by atoms with Gasteiger partial charge in [0.05, 0.1) is 18.5 Å². The highest BCUT2D eigenvalue weighted by atomic mass is 35.5. The van der Waals surface area contributed by atoms with Crippen LogP contribution in [-0.4, -0.2) is 42.0 Å². The Morgan fingerprint density at radius 1 is 1.22 bits per heavy atom. The van der Waals surface area contributed by atoms with Gasteiger partial charge in [-0.05, 0) is 29.8 Å². The average Bonchev–Trinajstić information content (AvgIpc) is 2.76. The number of piperidine rings is 1. The maximum Gasteiger partial charge on any atom is 0.251 e. The zero-order valence-corrected chi connectivity index (χ0v) is 15.9. The predicted octanol–water partition coefficient (Wildman–Crippen LogP) is 4.36. The first-order valence-electron chi connectivity index (χ1n) is 9.09. The van der Waals surface area contributed by atoms with Crippen LogP contribution in [0.3, 0.4) is 0 Å². The van der Waals surface area contributed by atoms with Gasteiger partial charge in [0.2, 0.25) is 0 Å². The van der Waals surface area contributed by atoms with E-state index in [-0.39, 0.29) is 18.9 Å². The second-order valence-corrected chi connectivity index (χ2v) is 7.66. The Bertz CT molecular complexity index is 815. The van der Waals surface area contributed by atoms with E-state index in [1.807, 2.05) is 30.3 Å². The van der Waals surface area contributed by atoms with E-state index < -0.39 is 5.92 Å². The smallest absolute Gasteiger partial charge is 0.251 e. The minimum Gasteiger partial charge on any atom is -0.497 e. The highest BCUT2D eigenvalue weighted by molar-refractivity contribution is 6.29. The molecule has 1 fully saturated rings. The first-order chi connectivity index (χ1) is 12.9. The van der Waals surface area contributed by atoms with E-state index >= 15 is 0 Å². The van der Waals surface area contributed by atoms with Crippen molar-refractivity contribution in [1.29, 1.82) is 0 Å². The highest BCUT2D eigenvalue weighted by Crippen LogP contribution is 2.38. The molecule has 0 aliphatic carbocycles. The molecule has 2 aliphatic heterocycles. The maximum absolute atomic E-state index is 14.1. The third-order valence-electron chi connectivity index (χ3n) is 5.33. The number of ether oxygens (including phenoxy) is 1. The van der Waals surface area contributed by atoms with Crippen molar-refractivity contribution < 1.29 is 13.5 Å². The minimum atomic E-state index is -2.61. The van der Waals surface area contributed by atoms with Crippen molar-refractivity contribution in [3.8, 4) is 5.75 Å². The van der Waals surface area contributed by atoms with Crippen LogP contribution in [0.15, 0.2) is 36.4 Å². The lowest BCUT2D eigenvalue weighted by atomic mass is 9.97. The number of methoxy groups -OCH3 is 1. The highest BCUT2D eigenvalue weighted by Gasteiger charge is 2.42. The fourth-order valence-electron chi connectivity index (χ4n) is 4.03. The standard InChI is InChI=1S/C20H22ClF2N3O/c1-27-16-4-2-14(3-5-16)11-25-12-15-10-20(22,23)8-9-26(15)18-6-7-19(21)24-17(18)13-25/h2-7,15H,8-13H2,1H3. The fraction of sp³-hybridized carbons (Fsp3) is 0.450. The van der Waals surface area contributed by atoms with Crippen molar-refractivity contribution in [3.05, 3.63) is 52.8 Å². The molecule has 1 aromatic carbocycles. The van der Waals surface area contributed by atoms with Gasteiger partial charge in [-0.3, -0.25) is 4.90 Å². The van der Waals surface area contributed by atoms with Gasteiger partial charge in [0.25, 0.3) is 5.92 Å². The summed E-state index contributed by atoms with van der Waals surface area (Å²) in [6, 6.07) is 11.2. The lowest BCUT2D eigenvalue weighted by Crippen LogP contribution is -2.50. The van der Waals surface area contributed by atoms with Gasteiger partial charge in [0, 0.05) is 45.1 Å². The number of rotatable bonds is 3. The molecule has 0 amide bonds. The van der Waals surface area contributed by atoms with E-state index in [2.05, 4.69) is 14.8 Å². The molecule has 144 valence electrons. The fourth-order valence-corrected chi connectivity index (χ4v) is 4.20. The third kappa shape index (κ3) is 4.01. The SMILES string of the molecule is COc1ccc(CN2Cc3nc(Cl)ccc3N3CCC(F)(F)CC3C2)cc1. The van der Waals surface area contributed by atoms with Gasteiger partial charge >= 0.3 is 0 Å². The Labute approximate surface area is 162 Å². The van der Waals surface area contributed by atoms with Gasteiger partial charge < -0.3 is 9.64 Å². The Kier molecular flexibility index (Phi) is 4.95. The number of halogens is 3. The molecule has 1 unspecified atom stereocenters. The van der Waals surface area contributed by atoms with Crippen molar-refractivity contribution in [2.45, 2.75) is 37.9 Å². The molecule has 0 saturated carbocycles. The number of nitrogens with zero attached hydrogens (tertiary/aromatic N) is 3. The molecular formula is C20H22ClF2N3O. The zero-order valence-electron chi connectivity index (χ0n) is 15.2. The summed E-state index contributed by atoms with van der Waals surface area (Å²) in [5.41, 5.74) is 2.89. The monoisotopic (exact) mass is 393 g/mol. The molecule has 0 bridgehead atoms. The molecule has 2 aliphatic rings. The maximum atomic E-state index is 14.1. The van der Waals surface area contributed by atoms with Gasteiger partial charge in [0.1, 0.15) is 10.9 Å². The summed E-state index contributed by atoms with van der Waals surface area (Å²) in [5, 5.41) is 0.430. The largest absolute Gasteiger partial charge is 0.497 e. The molecule has 2 aromatic rings. The molecule has 0 N–H and O–H groups in total. The molecule has 4 rings (SSSR count). The van der Waals surface area contributed by atoms with E-state index in [4.69, 9.17) is 16.3 Å². The van der Waals surface area contributed by atoms with Crippen molar-refractivity contribution in [2.24, 2.45) is 0 Å². The van der Waals surface area contributed by atoms with Crippen LogP contribution in [0, 0.1) is 0 Å². The zero-order chi connectivity index (χ0) is 19.0. The molecule has 7 heteroatoms. The Balaban J connectivity index is 1.63. The molecule has 1 saturated heterocycles. The van der Waals surface area contributed by atoms with E-state index in [9.17, 15) is 8.78 Å². The van der Waals surface area contributed by atoms with Gasteiger partial charge in [-0.1, -0.05) is 23.7 Å². The first-order valence-corrected chi connectivity index (χ1v) is 9.46. The van der Waals surface area contributed by atoms with Gasteiger partial charge in [-0.2, -0.15) is 0 Å². The number of fused-ring (bicyclic) bond motifs is 3. The van der Waals surface area contributed by atoms with Crippen LogP contribution < -0.4 is 9.64 Å². The third-order valence-corrected chi connectivity index (χ3v) is 5.54.